The number of nitrogens with zero attached hydrogens (tertiary/aromatic N) is 2. The molecule has 0 saturated carbocycles. The first-order valence-electron chi connectivity index (χ1n) is 5.62. The van der Waals surface area contributed by atoms with Crippen molar-refractivity contribution in [3.8, 4) is 11.3 Å². The van der Waals surface area contributed by atoms with Crippen LogP contribution in [-0.2, 0) is 0 Å². The number of carbonyl (C=O) groups is 1. The van der Waals surface area contributed by atoms with Crippen LogP contribution < -0.4 is 0 Å². The molecule has 0 fully saturated rings. The fourth-order valence-corrected chi connectivity index (χ4v) is 2.01. The minimum Gasteiger partial charge on any atom is -0.478 e. The zero-order valence-corrected chi connectivity index (χ0v) is 9.75. The standard InChI is InChI=1S/C14H9FN2O2/c15-10-5-3-9(4-6-10)12-8-16-13-11(14(18)19)2-1-7-17(12)13/h1-8H,(H,18,19). The maximum absolute atomic E-state index is 12.9. The Morgan fingerprint density at radius 2 is 1.95 bits per heavy atom. The third-order valence-electron chi connectivity index (χ3n) is 2.91. The van der Waals surface area contributed by atoms with E-state index in [0.29, 0.717) is 5.65 Å². The normalized spacial score (nSPS) is 10.8. The lowest BCUT2D eigenvalue weighted by molar-refractivity contribution is 0.0698. The molecule has 0 aliphatic heterocycles. The smallest absolute Gasteiger partial charge is 0.339 e. The molecule has 0 atom stereocenters. The molecule has 0 aliphatic carbocycles. The number of hydrogen-bond donors (Lipinski definition) is 1. The number of pyridine rings is 1. The Morgan fingerprint density at radius 1 is 1.21 bits per heavy atom. The third-order valence-corrected chi connectivity index (χ3v) is 2.91. The summed E-state index contributed by atoms with van der Waals surface area (Å²) in [6.07, 6.45) is 3.31. The lowest BCUT2D eigenvalue weighted by atomic mass is 10.1. The average Bonchev–Trinajstić information content (AvgIpc) is 2.83. The third kappa shape index (κ3) is 1.85. The highest BCUT2D eigenvalue weighted by Gasteiger charge is 2.13. The summed E-state index contributed by atoms with van der Waals surface area (Å²) in [6.45, 7) is 0. The second-order valence-corrected chi connectivity index (χ2v) is 4.07. The summed E-state index contributed by atoms with van der Waals surface area (Å²) in [5.41, 5.74) is 2.00. The fraction of sp³-hybridized carbons (Fsp3) is 0. The quantitative estimate of drug-likeness (QED) is 0.767. The van der Waals surface area contributed by atoms with Crippen molar-refractivity contribution in [2.45, 2.75) is 0 Å². The van der Waals surface area contributed by atoms with Crippen LogP contribution in [0.25, 0.3) is 16.9 Å². The Kier molecular flexibility index (Phi) is 2.52. The monoisotopic (exact) mass is 256 g/mol. The molecule has 0 spiro atoms. The van der Waals surface area contributed by atoms with Gasteiger partial charge in [-0.1, -0.05) is 0 Å². The molecule has 94 valence electrons. The Labute approximate surface area is 107 Å². The molecule has 3 aromatic rings. The molecular formula is C14H9FN2O2. The molecule has 4 nitrogen and oxygen atoms in total. The average molecular weight is 256 g/mol. The number of rotatable bonds is 2. The van der Waals surface area contributed by atoms with Crippen molar-refractivity contribution in [2.24, 2.45) is 0 Å². The molecule has 0 saturated heterocycles. The first kappa shape index (κ1) is 11.4. The largest absolute Gasteiger partial charge is 0.478 e. The van der Waals surface area contributed by atoms with E-state index in [1.54, 1.807) is 35.0 Å². The van der Waals surface area contributed by atoms with E-state index < -0.39 is 5.97 Å². The van der Waals surface area contributed by atoms with Gasteiger partial charge in [-0.25, -0.2) is 14.2 Å². The summed E-state index contributed by atoms with van der Waals surface area (Å²) in [7, 11) is 0. The summed E-state index contributed by atoms with van der Waals surface area (Å²) in [4.78, 5) is 15.2. The molecular weight excluding hydrogens is 247 g/mol. The van der Waals surface area contributed by atoms with Gasteiger partial charge in [0.1, 0.15) is 11.4 Å². The summed E-state index contributed by atoms with van der Waals surface area (Å²) in [6, 6.07) is 9.12. The van der Waals surface area contributed by atoms with Crippen molar-refractivity contribution in [1.82, 2.24) is 9.38 Å². The van der Waals surface area contributed by atoms with Gasteiger partial charge in [0.05, 0.1) is 11.9 Å². The number of fused-ring (bicyclic) bond motifs is 1. The van der Waals surface area contributed by atoms with E-state index in [1.807, 2.05) is 0 Å². The van der Waals surface area contributed by atoms with Crippen LogP contribution in [0.4, 0.5) is 4.39 Å². The highest BCUT2D eigenvalue weighted by atomic mass is 19.1. The topological polar surface area (TPSA) is 54.6 Å². The van der Waals surface area contributed by atoms with Crippen LogP contribution in [0.3, 0.4) is 0 Å². The fourth-order valence-electron chi connectivity index (χ4n) is 2.01. The predicted molar refractivity (Wildman–Crippen MR) is 67.5 cm³/mol. The molecule has 0 unspecified atom stereocenters. The minimum absolute atomic E-state index is 0.135. The first-order chi connectivity index (χ1) is 9.16. The maximum Gasteiger partial charge on any atom is 0.339 e. The summed E-state index contributed by atoms with van der Waals surface area (Å²) in [5, 5.41) is 9.10. The number of halogens is 1. The van der Waals surface area contributed by atoms with Crippen molar-refractivity contribution in [1.29, 1.82) is 0 Å². The van der Waals surface area contributed by atoms with E-state index in [-0.39, 0.29) is 11.4 Å². The molecule has 0 radical (unpaired) electrons. The molecule has 2 aromatic heterocycles. The van der Waals surface area contributed by atoms with Gasteiger partial charge in [0.25, 0.3) is 0 Å². The number of aromatic carboxylic acids is 1. The van der Waals surface area contributed by atoms with Gasteiger partial charge >= 0.3 is 5.97 Å². The van der Waals surface area contributed by atoms with Crippen molar-refractivity contribution in [2.75, 3.05) is 0 Å². The second kappa shape index (κ2) is 4.20. The minimum atomic E-state index is -1.03. The Hall–Kier alpha value is -2.69. The Bertz CT molecular complexity index is 763. The van der Waals surface area contributed by atoms with Gasteiger partial charge in [-0.05, 0) is 36.4 Å². The van der Waals surface area contributed by atoms with Crippen LogP contribution in [-0.4, -0.2) is 20.5 Å². The number of carboxylic acid groups (broad SMARTS) is 1. The van der Waals surface area contributed by atoms with Crippen LogP contribution in [0.2, 0.25) is 0 Å². The van der Waals surface area contributed by atoms with Crippen LogP contribution in [0, 0.1) is 5.82 Å². The first-order valence-corrected chi connectivity index (χ1v) is 5.62. The molecule has 0 aliphatic rings. The van der Waals surface area contributed by atoms with E-state index in [0.717, 1.165) is 11.3 Å². The Balaban J connectivity index is 2.24. The molecule has 2 heterocycles. The predicted octanol–water partition coefficient (Wildman–Crippen LogP) is 2.84. The Morgan fingerprint density at radius 3 is 2.63 bits per heavy atom. The number of imidazole rings is 1. The summed E-state index contributed by atoms with van der Waals surface area (Å²) in [5.74, 6) is -1.34. The van der Waals surface area contributed by atoms with E-state index in [9.17, 15) is 9.18 Å². The summed E-state index contributed by atoms with van der Waals surface area (Å²) < 4.78 is 14.6. The van der Waals surface area contributed by atoms with Gasteiger partial charge < -0.3 is 5.11 Å². The van der Waals surface area contributed by atoms with Crippen molar-refractivity contribution in [3.05, 3.63) is 60.2 Å². The zero-order valence-electron chi connectivity index (χ0n) is 9.75. The molecule has 19 heavy (non-hydrogen) atoms. The lowest BCUT2D eigenvalue weighted by Crippen LogP contribution is -2.00. The van der Waals surface area contributed by atoms with Gasteiger partial charge in [0, 0.05) is 11.8 Å². The van der Waals surface area contributed by atoms with E-state index in [1.165, 1.54) is 18.2 Å². The molecule has 3 rings (SSSR count). The van der Waals surface area contributed by atoms with E-state index in [4.69, 9.17) is 5.11 Å². The van der Waals surface area contributed by atoms with Crippen LogP contribution in [0.5, 0.6) is 0 Å². The van der Waals surface area contributed by atoms with Gasteiger partial charge in [0.2, 0.25) is 0 Å². The van der Waals surface area contributed by atoms with Crippen LogP contribution in [0.1, 0.15) is 10.4 Å². The highest BCUT2D eigenvalue weighted by molar-refractivity contribution is 5.94. The molecule has 0 amide bonds. The van der Waals surface area contributed by atoms with Crippen molar-refractivity contribution < 1.29 is 14.3 Å². The van der Waals surface area contributed by atoms with Crippen molar-refractivity contribution >= 4 is 11.6 Å². The molecule has 1 aromatic carbocycles. The van der Waals surface area contributed by atoms with Gasteiger partial charge in [0.15, 0.2) is 5.65 Å². The van der Waals surface area contributed by atoms with Crippen molar-refractivity contribution in [3.63, 3.8) is 0 Å². The van der Waals surface area contributed by atoms with Gasteiger partial charge in [-0.15, -0.1) is 0 Å². The summed E-state index contributed by atoms with van der Waals surface area (Å²) >= 11 is 0. The number of hydrogen-bond acceptors (Lipinski definition) is 2. The SMILES string of the molecule is O=C(O)c1cccn2c(-c3ccc(F)cc3)cnc12. The van der Waals surface area contributed by atoms with Crippen LogP contribution >= 0.6 is 0 Å². The molecule has 0 bridgehead atoms. The second-order valence-electron chi connectivity index (χ2n) is 4.07. The highest BCUT2D eigenvalue weighted by Crippen LogP contribution is 2.22. The molecule has 5 heteroatoms. The number of benzene rings is 1. The zero-order chi connectivity index (χ0) is 13.4. The van der Waals surface area contributed by atoms with Crippen LogP contribution in [0.15, 0.2) is 48.8 Å². The van der Waals surface area contributed by atoms with Gasteiger partial charge in [-0.2, -0.15) is 0 Å². The van der Waals surface area contributed by atoms with E-state index >= 15 is 0 Å². The lowest BCUT2D eigenvalue weighted by Gasteiger charge is -2.03. The van der Waals surface area contributed by atoms with Gasteiger partial charge in [-0.3, -0.25) is 4.40 Å². The molecule has 1 N–H and O–H groups in total. The van der Waals surface area contributed by atoms with E-state index in [2.05, 4.69) is 4.98 Å². The number of carboxylic acids is 1. The maximum atomic E-state index is 12.9. The number of aromatic nitrogens is 2.